The van der Waals surface area contributed by atoms with Crippen LogP contribution >= 0.6 is 0 Å². The molecule has 7 heteroatoms. The Labute approximate surface area is 122 Å². The summed E-state index contributed by atoms with van der Waals surface area (Å²) in [6.45, 7) is 0. The van der Waals surface area contributed by atoms with E-state index in [1.54, 1.807) is 25.3 Å². The van der Waals surface area contributed by atoms with Crippen LogP contribution in [0.5, 0.6) is 11.5 Å². The lowest BCUT2D eigenvalue weighted by Gasteiger charge is -2.06. The number of nitrogens with zero attached hydrogens (tertiary/aromatic N) is 1. The first kappa shape index (κ1) is 14.8. The van der Waals surface area contributed by atoms with Gasteiger partial charge in [0, 0.05) is 17.7 Å². The van der Waals surface area contributed by atoms with Gasteiger partial charge in [0.2, 0.25) is 0 Å². The summed E-state index contributed by atoms with van der Waals surface area (Å²) >= 11 is 0. The second-order valence-electron chi connectivity index (χ2n) is 4.55. The summed E-state index contributed by atoms with van der Waals surface area (Å²) in [4.78, 5) is 22.9. The number of nitrogens with one attached hydrogen (secondary N) is 2. The van der Waals surface area contributed by atoms with Crippen molar-refractivity contribution in [3.8, 4) is 11.5 Å². The van der Waals surface area contributed by atoms with Crippen LogP contribution in [0, 0.1) is 0 Å². The lowest BCUT2D eigenvalue weighted by atomic mass is 10.2. The topological polar surface area (TPSA) is 89.0 Å². The monoisotopic (exact) mass is 291 g/mol. The molecule has 1 fully saturated rings. The van der Waals surface area contributed by atoms with Crippen molar-refractivity contribution in [1.82, 2.24) is 10.7 Å². The van der Waals surface area contributed by atoms with Gasteiger partial charge in [-0.3, -0.25) is 9.59 Å². The van der Waals surface area contributed by atoms with Gasteiger partial charge in [0.15, 0.2) is 0 Å². The summed E-state index contributed by atoms with van der Waals surface area (Å²) in [5.41, 5.74) is 2.83. The number of carbonyl (C=O) groups is 2. The first-order valence-corrected chi connectivity index (χ1v) is 6.50. The quantitative estimate of drug-likeness (QED) is 0.468. The number of methoxy groups -OCH3 is 2. The maximum Gasteiger partial charge on any atom is 0.329 e. The number of ether oxygens (including phenoxy) is 2. The zero-order valence-corrected chi connectivity index (χ0v) is 11.9. The molecule has 0 atom stereocenters. The van der Waals surface area contributed by atoms with Gasteiger partial charge in [-0.1, -0.05) is 0 Å². The van der Waals surface area contributed by atoms with Crippen molar-refractivity contribution in [2.45, 2.75) is 18.9 Å². The molecule has 0 aliphatic heterocycles. The summed E-state index contributed by atoms with van der Waals surface area (Å²) < 4.78 is 10.3. The van der Waals surface area contributed by atoms with E-state index in [0.717, 1.165) is 12.8 Å². The predicted octanol–water partition coefficient (Wildman–Crippen LogP) is 0.432. The molecule has 112 valence electrons. The molecule has 1 aromatic rings. The Hall–Kier alpha value is -2.57. The van der Waals surface area contributed by atoms with Gasteiger partial charge < -0.3 is 14.8 Å². The van der Waals surface area contributed by atoms with Crippen LogP contribution in [-0.4, -0.2) is 38.3 Å². The zero-order valence-electron chi connectivity index (χ0n) is 11.9. The largest absolute Gasteiger partial charge is 0.497 e. The van der Waals surface area contributed by atoms with Crippen molar-refractivity contribution in [3.63, 3.8) is 0 Å². The SMILES string of the molecule is COc1ccc(/C=N/NC(=O)C(=O)NC2CC2)c(OC)c1. The van der Waals surface area contributed by atoms with Crippen molar-refractivity contribution in [3.05, 3.63) is 23.8 Å². The van der Waals surface area contributed by atoms with Crippen molar-refractivity contribution in [2.75, 3.05) is 14.2 Å². The van der Waals surface area contributed by atoms with Gasteiger partial charge in [0.25, 0.3) is 0 Å². The van der Waals surface area contributed by atoms with Gasteiger partial charge >= 0.3 is 11.8 Å². The highest BCUT2D eigenvalue weighted by Gasteiger charge is 2.26. The smallest absolute Gasteiger partial charge is 0.329 e. The molecule has 2 amide bonds. The van der Waals surface area contributed by atoms with Crippen LogP contribution in [0.25, 0.3) is 0 Å². The number of hydrogen-bond donors (Lipinski definition) is 2. The molecule has 1 aliphatic rings. The average Bonchev–Trinajstić information content (AvgIpc) is 3.31. The fraction of sp³-hybridized carbons (Fsp3) is 0.357. The minimum absolute atomic E-state index is 0.133. The van der Waals surface area contributed by atoms with Crippen molar-refractivity contribution in [1.29, 1.82) is 0 Å². The van der Waals surface area contributed by atoms with Crippen LogP contribution in [0.15, 0.2) is 23.3 Å². The van der Waals surface area contributed by atoms with Gasteiger partial charge in [-0.2, -0.15) is 5.10 Å². The molecular weight excluding hydrogens is 274 g/mol. The second-order valence-corrected chi connectivity index (χ2v) is 4.55. The van der Waals surface area contributed by atoms with E-state index in [-0.39, 0.29) is 6.04 Å². The Morgan fingerprint density at radius 2 is 2.00 bits per heavy atom. The number of hydrogen-bond acceptors (Lipinski definition) is 5. The van der Waals surface area contributed by atoms with E-state index in [4.69, 9.17) is 9.47 Å². The molecule has 2 N–H and O–H groups in total. The van der Waals surface area contributed by atoms with Crippen LogP contribution in [0.3, 0.4) is 0 Å². The molecule has 1 aromatic carbocycles. The molecule has 0 spiro atoms. The maximum atomic E-state index is 11.5. The van der Waals surface area contributed by atoms with Crippen LogP contribution in [0.1, 0.15) is 18.4 Å². The van der Waals surface area contributed by atoms with Crippen LogP contribution in [0.4, 0.5) is 0 Å². The summed E-state index contributed by atoms with van der Waals surface area (Å²) in [5, 5.41) is 6.32. The molecule has 21 heavy (non-hydrogen) atoms. The summed E-state index contributed by atoms with van der Waals surface area (Å²) in [6.07, 6.45) is 3.25. The number of amides is 2. The Morgan fingerprint density at radius 3 is 2.62 bits per heavy atom. The van der Waals surface area contributed by atoms with E-state index in [1.807, 2.05) is 0 Å². The van der Waals surface area contributed by atoms with E-state index >= 15 is 0 Å². The van der Waals surface area contributed by atoms with Gasteiger partial charge in [-0.25, -0.2) is 5.43 Å². The van der Waals surface area contributed by atoms with E-state index in [1.165, 1.54) is 13.3 Å². The highest BCUT2D eigenvalue weighted by atomic mass is 16.5. The molecule has 1 saturated carbocycles. The normalized spacial score (nSPS) is 13.8. The number of rotatable bonds is 5. The third-order valence-electron chi connectivity index (χ3n) is 2.93. The highest BCUT2D eigenvalue weighted by Crippen LogP contribution is 2.23. The average molecular weight is 291 g/mol. The Morgan fingerprint density at radius 1 is 1.24 bits per heavy atom. The first-order chi connectivity index (χ1) is 10.1. The molecule has 0 aromatic heterocycles. The predicted molar refractivity (Wildman–Crippen MR) is 76.4 cm³/mol. The fourth-order valence-corrected chi connectivity index (χ4v) is 1.61. The van der Waals surface area contributed by atoms with E-state index in [0.29, 0.717) is 17.1 Å². The molecular formula is C14H17N3O4. The van der Waals surface area contributed by atoms with Crippen molar-refractivity contribution >= 4 is 18.0 Å². The first-order valence-electron chi connectivity index (χ1n) is 6.50. The summed E-state index contributed by atoms with van der Waals surface area (Å²) in [6, 6.07) is 5.31. The van der Waals surface area contributed by atoms with Crippen molar-refractivity contribution < 1.29 is 19.1 Å². The summed E-state index contributed by atoms with van der Waals surface area (Å²) in [5.74, 6) is -0.256. The number of carbonyl (C=O) groups excluding carboxylic acids is 2. The number of hydrazone groups is 1. The van der Waals surface area contributed by atoms with E-state index < -0.39 is 11.8 Å². The lowest BCUT2D eigenvalue weighted by Crippen LogP contribution is -2.38. The molecule has 0 saturated heterocycles. The summed E-state index contributed by atoms with van der Waals surface area (Å²) in [7, 11) is 3.08. The van der Waals surface area contributed by atoms with Gasteiger partial charge in [0.05, 0.1) is 20.4 Å². The molecule has 0 radical (unpaired) electrons. The fourth-order valence-electron chi connectivity index (χ4n) is 1.61. The molecule has 7 nitrogen and oxygen atoms in total. The lowest BCUT2D eigenvalue weighted by molar-refractivity contribution is -0.139. The minimum Gasteiger partial charge on any atom is -0.497 e. The van der Waals surface area contributed by atoms with Gasteiger partial charge in [-0.15, -0.1) is 0 Å². The third-order valence-corrected chi connectivity index (χ3v) is 2.93. The van der Waals surface area contributed by atoms with E-state index in [2.05, 4.69) is 15.8 Å². The maximum absolute atomic E-state index is 11.5. The Bertz CT molecular complexity index is 567. The molecule has 0 heterocycles. The minimum atomic E-state index is -0.786. The zero-order chi connectivity index (χ0) is 15.2. The molecule has 0 unspecified atom stereocenters. The van der Waals surface area contributed by atoms with Gasteiger partial charge in [0.1, 0.15) is 11.5 Å². The van der Waals surface area contributed by atoms with Crippen LogP contribution < -0.4 is 20.2 Å². The molecule has 0 bridgehead atoms. The van der Waals surface area contributed by atoms with E-state index in [9.17, 15) is 9.59 Å². The second kappa shape index (κ2) is 6.74. The Balaban J connectivity index is 1.93. The van der Waals surface area contributed by atoms with Crippen LogP contribution in [-0.2, 0) is 9.59 Å². The Kier molecular flexibility index (Phi) is 4.76. The molecule has 1 aliphatic carbocycles. The standard InChI is InChI=1S/C14H17N3O4/c1-20-11-6-3-9(12(7-11)21-2)8-15-17-14(19)13(18)16-10-4-5-10/h3,6-8,10H,4-5H2,1-2H3,(H,16,18)(H,17,19)/b15-8+. The van der Waals surface area contributed by atoms with Crippen LogP contribution in [0.2, 0.25) is 0 Å². The number of benzene rings is 1. The third kappa shape index (κ3) is 4.20. The highest BCUT2D eigenvalue weighted by molar-refractivity contribution is 6.35. The van der Waals surface area contributed by atoms with Gasteiger partial charge in [-0.05, 0) is 25.0 Å². The molecule has 2 rings (SSSR count). The van der Waals surface area contributed by atoms with Crippen molar-refractivity contribution in [2.24, 2.45) is 5.10 Å².